The third-order valence-corrected chi connectivity index (χ3v) is 2.21. The highest BCUT2D eigenvalue weighted by Crippen LogP contribution is 2.08. The fourth-order valence-electron chi connectivity index (χ4n) is 1.45. The second kappa shape index (κ2) is 5.05. The van der Waals surface area contributed by atoms with E-state index >= 15 is 0 Å². The predicted molar refractivity (Wildman–Crippen MR) is 58.8 cm³/mol. The van der Waals surface area contributed by atoms with Crippen LogP contribution in [0.2, 0.25) is 0 Å². The predicted octanol–water partition coefficient (Wildman–Crippen LogP) is 0.349. The van der Waals surface area contributed by atoms with Crippen LogP contribution in [0, 0.1) is 0 Å². The number of likely N-dealkylation sites (N-methyl/N-ethyl adjacent to an activating group) is 1. The number of hydrogen-bond acceptors (Lipinski definition) is 4. The highest BCUT2D eigenvalue weighted by molar-refractivity contribution is 5.76. The van der Waals surface area contributed by atoms with Gasteiger partial charge in [0.15, 0.2) is 5.60 Å². The lowest BCUT2D eigenvalue weighted by Crippen LogP contribution is -2.45. The van der Waals surface area contributed by atoms with Crippen molar-refractivity contribution in [2.24, 2.45) is 0 Å². The molecule has 0 aliphatic rings. The zero-order valence-corrected chi connectivity index (χ0v) is 9.42. The van der Waals surface area contributed by atoms with Crippen molar-refractivity contribution in [3.8, 4) is 0 Å². The molecule has 0 bridgehead atoms. The van der Waals surface area contributed by atoms with E-state index in [0.717, 1.165) is 5.56 Å². The molecule has 0 aliphatic carbocycles. The molecule has 16 heavy (non-hydrogen) atoms. The lowest BCUT2D eigenvalue weighted by atomic mass is 10.1. The number of carboxylic acid groups (broad SMARTS) is 1. The van der Waals surface area contributed by atoms with Crippen LogP contribution in [0.1, 0.15) is 12.5 Å². The Bertz CT molecular complexity index is 352. The normalized spacial score (nSPS) is 14.8. The summed E-state index contributed by atoms with van der Waals surface area (Å²) in [5.41, 5.74) is -0.747. The summed E-state index contributed by atoms with van der Waals surface area (Å²) in [7, 11) is 1.75. The van der Waals surface area contributed by atoms with Gasteiger partial charge >= 0.3 is 5.97 Å². The van der Waals surface area contributed by atoms with E-state index < -0.39 is 11.6 Å². The van der Waals surface area contributed by atoms with E-state index in [0.29, 0.717) is 6.54 Å². The van der Waals surface area contributed by atoms with E-state index in [2.05, 4.69) is 4.98 Å². The third-order valence-electron chi connectivity index (χ3n) is 2.21. The first kappa shape index (κ1) is 12.6. The van der Waals surface area contributed by atoms with Crippen LogP contribution < -0.4 is 0 Å². The molecule has 1 unspecified atom stereocenters. The first-order valence-electron chi connectivity index (χ1n) is 4.95. The van der Waals surface area contributed by atoms with Gasteiger partial charge in [-0.15, -0.1) is 0 Å². The summed E-state index contributed by atoms with van der Waals surface area (Å²) in [5.74, 6) is -1.22. The summed E-state index contributed by atoms with van der Waals surface area (Å²) in [5, 5.41) is 18.4. The van der Waals surface area contributed by atoms with Crippen LogP contribution in [0.3, 0.4) is 0 Å². The number of nitrogens with zero attached hydrogens (tertiary/aromatic N) is 2. The fraction of sp³-hybridized carbons (Fsp3) is 0.455. The van der Waals surface area contributed by atoms with Gasteiger partial charge in [-0.2, -0.15) is 0 Å². The Morgan fingerprint density at radius 3 is 2.81 bits per heavy atom. The Labute approximate surface area is 94.4 Å². The number of rotatable bonds is 5. The van der Waals surface area contributed by atoms with Crippen molar-refractivity contribution in [3.05, 3.63) is 30.1 Å². The number of pyridine rings is 1. The van der Waals surface area contributed by atoms with Crippen molar-refractivity contribution in [1.82, 2.24) is 9.88 Å². The minimum atomic E-state index is -1.73. The van der Waals surface area contributed by atoms with Crippen molar-refractivity contribution >= 4 is 5.97 Å². The number of aliphatic hydroxyl groups is 1. The fourth-order valence-corrected chi connectivity index (χ4v) is 1.45. The molecule has 0 saturated carbocycles. The highest BCUT2D eigenvalue weighted by atomic mass is 16.4. The number of aliphatic carboxylic acids is 1. The third kappa shape index (κ3) is 3.60. The monoisotopic (exact) mass is 224 g/mol. The molecule has 0 radical (unpaired) electrons. The summed E-state index contributed by atoms with van der Waals surface area (Å²) in [6.07, 6.45) is 3.39. The standard InChI is InChI=1S/C11H16N2O3/c1-11(16,10(14)15)8-13(2)7-9-4-3-5-12-6-9/h3-6,16H,7-8H2,1-2H3,(H,14,15). The molecule has 0 saturated heterocycles. The molecule has 88 valence electrons. The minimum Gasteiger partial charge on any atom is -0.479 e. The summed E-state index contributed by atoms with van der Waals surface area (Å²) < 4.78 is 0. The number of carbonyl (C=O) groups is 1. The Kier molecular flexibility index (Phi) is 3.98. The largest absolute Gasteiger partial charge is 0.479 e. The summed E-state index contributed by atoms with van der Waals surface area (Å²) >= 11 is 0. The van der Waals surface area contributed by atoms with E-state index in [9.17, 15) is 9.90 Å². The average molecular weight is 224 g/mol. The smallest absolute Gasteiger partial charge is 0.336 e. The minimum absolute atomic E-state index is 0.0667. The molecule has 1 rings (SSSR count). The molecule has 5 heteroatoms. The van der Waals surface area contributed by atoms with Crippen molar-refractivity contribution in [2.75, 3.05) is 13.6 Å². The molecule has 0 amide bonds. The number of aromatic nitrogens is 1. The summed E-state index contributed by atoms with van der Waals surface area (Å²) in [6.45, 7) is 1.91. The van der Waals surface area contributed by atoms with Crippen LogP contribution in [-0.4, -0.2) is 45.3 Å². The van der Waals surface area contributed by atoms with Crippen LogP contribution in [0.4, 0.5) is 0 Å². The molecule has 1 atom stereocenters. The molecule has 5 nitrogen and oxygen atoms in total. The molecule has 1 heterocycles. The van der Waals surface area contributed by atoms with Gasteiger partial charge in [-0.25, -0.2) is 4.79 Å². The van der Waals surface area contributed by atoms with Crippen LogP contribution in [0.15, 0.2) is 24.5 Å². The van der Waals surface area contributed by atoms with Gasteiger partial charge in [-0.3, -0.25) is 9.88 Å². The summed E-state index contributed by atoms with van der Waals surface area (Å²) in [4.78, 5) is 16.4. The molecular weight excluding hydrogens is 208 g/mol. The second-order valence-corrected chi connectivity index (χ2v) is 4.11. The lowest BCUT2D eigenvalue weighted by molar-refractivity contribution is -0.158. The van der Waals surface area contributed by atoms with Crippen LogP contribution in [0.25, 0.3) is 0 Å². The van der Waals surface area contributed by atoms with Gasteiger partial charge in [0, 0.05) is 25.5 Å². The highest BCUT2D eigenvalue weighted by Gasteiger charge is 2.31. The molecule has 1 aromatic rings. The van der Waals surface area contributed by atoms with Gasteiger partial charge in [0.2, 0.25) is 0 Å². The molecule has 0 fully saturated rings. The quantitative estimate of drug-likeness (QED) is 0.755. The first-order valence-corrected chi connectivity index (χ1v) is 4.95. The van der Waals surface area contributed by atoms with Gasteiger partial charge in [0.05, 0.1) is 0 Å². The van der Waals surface area contributed by atoms with Crippen LogP contribution in [0.5, 0.6) is 0 Å². The van der Waals surface area contributed by atoms with E-state index in [-0.39, 0.29) is 6.54 Å². The Hall–Kier alpha value is -1.46. The van der Waals surface area contributed by atoms with Gasteiger partial charge in [-0.05, 0) is 25.6 Å². The van der Waals surface area contributed by atoms with E-state index in [4.69, 9.17) is 5.11 Å². The zero-order chi connectivity index (χ0) is 12.2. The van der Waals surface area contributed by atoms with E-state index in [1.165, 1.54) is 6.92 Å². The SMILES string of the molecule is CN(Cc1cccnc1)CC(C)(O)C(=O)O. The number of hydrogen-bond donors (Lipinski definition) is 2. The van der Waals surface area contributed by atoms with Gasteiger partial charge in [-0.1, -0.05) is 6.07 Å². The van der Waals surface area contributed by atoms with Crippen LogP contribution >= 0.6 is 0 Å². The average Bonchev–Trinajstić information content (AvgIpc) is 2.17. The molecule has 1 aromatic heterocycles. The van der Waals surface area contributed by atoms with Gasteiger partial charge in [0.1, 0.15) is 0 Å². The summed E-state index contributed by atoms with van der Waals surface area (Å²) in [6, 6.07) is 3.72. The maximum Gasteiger partial charge on any atom is 0.336 e. The molecule has 0 aliphatic heterocycles. The zero-order valence-electron chi connectivity index (χ0n) is 9.42. The van der Waals surface area contributed by atoms with E-state index in [1.54, 1.807) is 24.3 Å². The molecule has 0 spiro atoms. The maximum atomic E-state index is 10.7. The van der Waals surface area contributed by atoms with Crippen molar-refractivity contribution in [1.29, 1.82) is 0 Å². The van der Waals surface area contributed by atoms with Gasteiger partial charge < -0.3 is 10.2 Å². The van der Waals surface area contributed by atoms with Crippen molar-refractivity contribution in [3.63, 3.8) is 0 Å². The molecular formula is C11H16N2O3. The maximum absolute atomic E-state index is 10.7. The Balaban J connectivity index is 2.54. The number of carboxylic acids is 1. The topological polar surface area (TPSA) is 73.7 Å². The lowest BCUT2D eigenvalue weighted by Gasteiger charge is -2.25. The Morgan fingerprint density at radius 1 is 1.62 bits per heavy atom. The molecule has 2 N–H and O–H groups in total. The van der Waals surface area contributed by atoms with Crippen LogP contribution in [-0.2, 0) is 11.3 Å². The Morgan fingerprint density at radius 2 is 2.31 bits per heavy atom. The van der Waals surface area contributed by atoms with Gasteiger partial charge in [0.25, 0.3) is 0 Å². The second-order valence-electron chi connectivity index (χ2n) is 4.11. The molecule has 0 aromatic carbocycles. The van der Waals surface area contributed by atoms with Crippen molar-refractivity contribution < 1.29 is 15.0 Å². The van der Waals surface area contributed by atoms with E-state index in [1.807, 2.05) is 12.1 Å². The van der Waals surface area contributed by atoms with Crippen molar-refractivity contribution in [2.45, 2.75) is 19.1 Å². The first-order chi connectivity index (χ1) is 7.42.